The van der Waals surface area contributed by atoms with Crippen LogP contribution in [0, 0.1) is 6.92 Å². The second-order valence-corrected chi connectivity index (χ2v) is 8.73. The third-order valence-corrected chi connectivity index (χ3v) is 6.98. The monoisotopic (exact) mass is 363 g/mol. The lowest BCUT2D eigenvalue weighted by Crippen LogP contribution is -2.31. The molecule has 0 N–H and O–H groups in total. The maximum absolute atomic E-state index is 12.7. The van der Waals surface area contributed by atoms with E-state index >= 15 is 0 Å². The summed E-state index contributed by atoms with van der Waals surface area (Å²) < 4.78 is 27.6. The summed E-state index contributed by atoms with van der Waals surface area (Å²) in [6.45, 7) is 2.35. The Balaban J connectivity index is 2.32. The minimum Gasteiger partial charge on any atom is -0.206 e. The molecule has 0 fully saturated rings. The quantitative estimate of drug-likeness (QED) is 0.723. The highest BCUT2D eigenvalue weighted by Gasteiger charge is 2.26. The van der Waals surface area contributed by atoms with Crippen LogP contribution in [0.3, 0.4) is 0 Å². The summed E-state index contributed by atoms with van der Waals surface area (Å²) in [5.41, 5.74) is 1.69. The van der Waals surface area contributed by atoms with Gasteiger partial charge in [0.05, 0.1) is 4.34 Å². The van der Waals surface area contributed by atoms with Crippen molar-refractivity contribution in [3.63, 3.8) is 0 Å². The van der Waals surface area contributed by atoms with Gasteiger partial charge in [0.1, 0.15) is 4.21 Å². The Morgan fingerprint density at radius 3 is 2.43 bits per heavy atom. The zero-order valence-corrected chi connectivity index (χ0v) is 14.6. The molecule has 2 aromatic rings. The molecule has 1 heterocycles. The highest BCUT2D eigenvalue weighted by molar-refractivity contribution is 7.91. The molecule has 0 amide bonds. The first-order chi connectivity index (χ1) is 9.95. The van der Waals surface area contributed by atoms with E-state index in [9.17, 15) is 8.42 Å². The summed E-state index contributed by atoms with van der Waals surface area (Å²) >= 11 is 12.8. The van der Waals surface area contributed by atoms with E-state index in [4.69, 9.17) is 23.2 Å². The van der Waals surface area contributed by atoms with Gasteiger partial charge in [-0.1, -0.05) is 41.9 Å². The van der Waals surface area contributed by atoms with E-state index in [-0.39, 0.29) is 16.6 Å². The highest BCUT2D eigenvalue weighted by atomic mass is 35.5. The molecule has 0 bridgehead atoms. The molecule has 7 heteroatoms. The van der Waals surface area contributed by atoms with E-state index in [1.807, 2.05) is 30.3 Å². The number of thiophene rings is 1. The van der Waals surface area contributed by atoms with Crippen LogP contribution in [0.4, 0.5) is 0 Å². The second kappa shape index (κ2) is 7.11. The van der Waals surface area contributed by atoms with Gasteiger partial charge in [0, 0.05) is 19.0 Å². The molecule has 0 aliphatic heterocycles. The van der Waals surface area contributed by atoms with E-state index in [0.717, 1.165) is 22.5 Å². The van der Waals surface area contributed by atoms with Crippen LogP contribution in [0.2, 0.25) is 4.34 Å². The van der Waals surface area contributed by atoms with Crippen LogP contribution in [0.25, 0.3) is 0 Å². The van der Waals surface area contributed by atoms with Crippen molar-refractivity contribution >= 4 is 44.6 Å². The molecule has 1 aromatic carbocycles. The first-order valence-electron chi connectivity index (χ1n) is 6.31. The number of sulfonamides is 1. The molecule has 0 saturated carbocycles. The molecule has 1 aromatic heterocycles. The number of nitrogens with zero attached hydrogens (tertiary/aromatic N) is 1. The van der Waals surface area contributed by atoms with Gasteiger partial charge in [0.2, 0.25) is 0 Å². The maximum Gasteiger partial charge on any atom is 0.252 e. The average molecular weight is 364 g/mol. The van der Waals surface area contributed by atoms with Gasteiger partial charge >= 0.3 is 0 Å². The van der Waals surface area contributed by atoms with E-state index in [2.05, 4.69) is 0 Å². The first kappa shape index (κ1) is 16.8. The topological polar surface area (TPSA) is 37.4 Å². The van der Waals surface area contributed by atoms with Crippen LogP contribution >= 0.6 is 34.5 Å². The van der Waals surface area contributed by atoms with E-state index < -0.39 is 10.0 Å². The Labute approximate surface area is 139 Å². The van der Waals surface area contributed by atoms with Gasteiger partial charge in [0.15, 0.2) is 0 Å². The second-order valence-electron chi connectivity index (χ2n) is 4.54. The highest BCUT2D eigenvalue weighted by Crippen LogP contribution is 2.32. The van der Waals surface area contributed by atoms with E-state index in [0.29, 0.717) is 10.9 Å². The zero-order chi connectivity index (χ0) is 15.5. The summed E-state index contributed by atoms with van der Waals surface area (Å²) in [6.07, 6.45) is 0. The molecule has 0 atom stereocenters. The molecular formula is C14H15Cl2NO2S2. The Morgan fingerprint density at radius 2 is 1.90 bits per heavy atom. The molecule has 21 heavy (non-hydrogen) atoms. The lowest BCUT2D eigenvalue weighted by atomic mass is 10.2. The molecular weight excluding hydrogens is 349 g/mol. The molecule has 2 rings (SSSR count). The van der Waals surface area contributed by atoms with Crippen molar-refractivity contribution in [2.45, 2.75) is 17.7 Å². The van der Waals surface area contributed by atoms with Crippen molar-refractivity contribution in [3.8, 4) is 0 Å². The van der Waals surface area contributed by atoms with Gasteiger partial charge in [-0.05, 0) is 24.1 Å². The number of aryl methyl sites for hydroxylation is 1. The Kier molecular flexibility index (Phi) is 5.68. The number of hydrogen-bond acceptors (Lipinski definition) is 3. The van der Waals surface area contributed by atoms with Crippen LogP contribution in [-0.2, 0) is 16.6 Å². The SMILES string of the molecule is Cc1cc(S(=O)(=O)N(CCCl)Cc2ccccc2)sc1Cl. The van der Waals surface area contributed by atoms with Crippen molar-refractivity contribution in [2.24, 2.45) is 0 Å². The van der Waals surface area contributed by atoms with Crippen LogP contribution in [0.15, 0.2) is 40.6 Å². The maximum atomic E-state index is 12.7. The number of halogens is 2. The summed E-state index contributed by atoms with van der Waals surface area (Å²) in [5, 5.41) is 0. The largest absolute Gasteiger partial charge is 0.252 e. The van der Waals surface area contributed by atoms with Gasteiger partial charge in [-0.15, -0.1) is 22.9 Å². The molecule has 0 unspecified atom stereocenters. The molecule has 0 saturated heterocycles. The molecule has 0 aliphatic rings. The van der Waals surface area contributed by atoms with Gasteiger partial charge < -0.3 is 0 Å². The van der Waals surface area contributed by atoms with Crippen molar-refractivity contribution < 1.29 is 8.42 Å². The molecule has 3 nitrogen and oxygen atoms in total. The fourth-order valence-electron chi connectivity index (χ4n) is 1.85. The Morgan fingerprint density at radius 1 is 1.24 bits per heavy atom. The van der Waals surface area contributed by atoms with Crippen molar-refractivity contribution in [2.75, 3.05) is 12.4 Å². The van der Waals surface area contributed by atoms with Gasteiger partial charge in [-0.2, -0.15) is 4.31 Å². The first-order valence-corrected chi connectivity index (χ1v) is 9.48. The minimum absolute atomic E-state index is 0.240. The Bertz CT molecular complexity index is 680. The van der Waals surface area contributed by atoms with Crippen LogP contribution in [0.5, 0.6) is 0 Å². The summed E-state index contributed by atoms with van der Waals surface area (Å²) in [4.78, 5) is 0. The fraction of sp³-hybridized carbons (Fsp3) is 0.286. The standard InChI is InChI=1S/C14H15Cl2NO2S2/c1-11-9-13(20-14(11)16)21(18,19)17(8-7-15)10-12-5-3-2-4-6-12/h2-6,9H,7-8,10H2,1H3. The average Bonchev–Trinajstić information content (AvgIpc) is 2.80. The molecule has 0 aliphatic carbocycles. The van der Waals surface area contributed by atoms with Gasteiger partial charge in [-0.3, -0.25) is 0 Å². The van der Waals surface area contributed by atoms with Crippen LogP contribution < -0.4 is 0 Å². The lowest BCUT2D eigenvalue weighted by molar-refractivity contribution is 0.426. The summed E-state index contributed by atoms with van der Waals surface area (Å²) in [6, 6.07) is 11.0. The summed E-state index contributed by atoms with van der Waals surface area (Å²) in [5.74, 6) is 0.240. The number of benzene rings is 1. The minimum atomic E-state index is -3.58. The van der Waals surface area contributed by atoms with Gasteiger partial charge in [-0.25, -0.2) is 8.42 Å². The molecule has 0 radical (unpaired) electrons. The third kappa shape index (κ3) is 3.99. The molecule has 114 valence electrons. The fourth-order valence-corrected chi connectivity index (χ4v) is 5.45. The van der Waals surface area contributed by atoms with Crippen LogP contribution in [-0.4, -0.2) is 25.1 Å². The van der Waals surface area contributed by atoms with Crippen molar-refractivity contribution in [1.29, 1.82) is 0 Å². The van der Waals surface area contributed by atoms with Crippen LogP contribution in [0.1, 0.15) is 11.1 Å². The van der Waals surface area contributed by atoms with Crippen molar-refractivity contribution in [3.05, 3.63) is 51.9 Å². The summed E-state index contributed by atoms with van der Waals surface area (Å²) in [7, 11) is -3.58. The third-order valence-electron chi connectivity index (χ3n) is 2.96. The van der Waals surface area contributed by atoms with Crippen molar-refractivity contribution in [1.82, 2.24) is 4.31 Å². The van der Waals surface area contributed by atoms with E-state index in [1.165, 1.54) is 4.31 Å². The predicted octanol–water partition coefficient (Wildman–Crippen LogP) is 4.14. The number of rotatable bonds is 6. The number of hydrogen-bond donors (Lipinski definition) is 0. The predicted molar refractivity (Wildman–Crippen MR) is 88.8 cm³/mol. The Hall–Kier alpha value is -0.590. The lowest BCUT2D eigenvalue weighted by Gasteiger charge is -2.20. The molecule has 0 spiro atoms. The number of alkyl halides is 1. The van der Waals surface area contributed by atoms with Gasteiger partial charge in [0.25, 0.3) is 10.0 Å². The zero-order valence-electron chi connectivity index (χ0n) is 11.4. The van der Waals surface area contributed by atoms with E-state index in [1.54, 1.807) is 13.0 Å². The normalized spacial score (nSPS) is 12.0. The smallest absolute Gasteiger partial charge is 0.206 e.